The van der Waals surface area contributed by atoms with Crippen molar-refractivity contribution in [3.8, 4) is 0 Å². The van der Waals surface area contributed by atoms with E-state index in [0.29, 0.717) is 6.10 Å². The highest BCUT2D eigenvalue weighted by Crippen LogP contribution is 2.42. The van der Waals surface area contributed by atoms with Crippen LogP contribution in [-0.2, 0) is 4.74 Å². The molecule has 4 heteroatoms. The number of ether oxygens (including phenoxy) is 1. The van der Waals surface area contributed by atoms with Crippen LogP contribution in [0.5, 0.6) is 0 Å². The van der Waals surface area contributed by atoms with Crippen molar-refractivity contribution in [3.05, 3.63) is 0 Å². The topological polar surface area (TPSA) is 15.8 Å². The molecule has 2 nitrogen and oxygen atoms in total. The van der Waals surface area contributed by atoms with Gasteiger partial charge in [0.25, 0.3) is 0 Å². The molecule has 0 bridgehead atoms. The highest BCUT2D eigenvalue weighted by molar-refractivity contribution is 6.93. The zero-order valence-electron chi connectivity index (χ0n) is 22.6. The lowest BCUT2D eigenvalue weighted by Gasteiger charge is -2.54. The summed E-state index contributed by atoms with van der Waals surface area (Å²) >= 11 is 0. The first-order valence-electron chi connectivity index (χ1n) is 14.5. The van der Waals surface area contributed by atoms with Gasteiger partial charge in [-0.3, -0.25) is 0 Å². The van der Waals surface area contributed by atoms with Gasteiger partial charge in [0.1, 0.15) is 16.5 Å². The Morgan fingerprint density at radius 1 is 0.548 bits per heavy atom. The van der Waals surface area contributed by atoms with E-state index in [2.05, 4.69) is 45.8 Å². The fourth-order valence-electron chi connectivity index (χ4n) is 5.86. The van der Waals surface area contributed by atoms with Crippen molar-refractivity contribution in [1.29, 1.82) is 0 Å². The summed E-state index contributed by atoms with van der Waals surface area (Å²) in [5.74, 6) is 0. The van der Waals surface area contributed by atoms with Gasteiger partial charge < -0.3 is 8.97 Å². The maximum atomic E-state index is 5.96. The molecule has 1 aliphatic rings. The fraction of sp³-hybridized carbons (Fsp3) is 1.00. The molecule has 31 heavy (non-hydrogen) atoms. The van der Waals surface area contributed by atoms with Crippen molar-refractivity contribution >= 4 is 16.5 Å². The molecule has 0 aromatic rings. The predicted molar refractivity (Wildman–Crippen MR) is 146 cm³/mol. The lowest BCUT2D eigenvalue weighted by molar-refractivity contribution is 0.374. The second-order valence-corrected chi connectivity index (χ2v) is 20.1. The summed E-state index contributed by atoms with van der Waals surface area (Å²) in [6, 6.07) is 9.39. The summed E-state index contributed by atoms with van der Waals surface area (Å²) in [7, 11) is -2.96. The van der Waals surface area contributed by atoms with Crippen LogP contribution in [0.4, 0.5) is 0 Å². The number of hydrogen-bond donors (Lipinski definition) is 0. The van der Waals surface area contributed by atoms with Crippen molar-refractivity contribution in [2.75, 3.05) is 13.2 Å². The molecule has 186 valence electrons. The Hall–Kier alpha value is 0.354. The van der Waals surface area contributed by atoms with Gasteiger partial charge in [-0.1, -0.05) is 119 Å². The Morgan fingerprint density at radius 3 is 1.00 bits per heavy atom. The average Bonchev–Trinajstić information content (AvgIpc) is 3.62. The quantitative estimate of drug-likeness (QED) is 0.116. The molecule has 1 fully saturated rings. The molecule has 0 N–H and O–H groups in total. The van der Waals surface area contributed by atoms with Gasteiger partial charge in [-0.15, -0.1) is 0 Å². The zero-order valence-corrected chi connectivity index (χ0v) is 24.6. The van der Waals surface area contributed by atoms with Gasteiger partial charge in [0, 0.05) is 6.54 Å². The Bertz CT molecular complexity index is 352. The molecule has 0 saturated carbocycles. The molecule has 0 amide bonds. The van der Waals surface area contributed by atoms with Crippen LogP contribution in [0.1, 0.15) is 119 Å². The number of nitrogens with zero attached hydrogens (tertiary/aromatic N) is 1. The van der Waals surface area contributed by atoms with Gasteiger partial charge in [0.2, 0.25) is 0 Å². The van der Waals surface area contributed by atoms with Crippen LogP contribution >= 0.6 is 0 Å². The van der Waals surface area contributed by atoms with Crippen LogP contribution in [0.3, 0.4) is 0 Å². The van der Waals surface area contributed by atoms with Gasteiger partial charge in [-0.25, -0.2) is 0 Å². The Morgan fingerprint density at radius 2 is 0.806 bits per heavy atom. The molecule has 0 aromatic heterocycles. The van der Waals surface area contributed by atoms with Crippen molar-refractivity contribution in [2.45, 2.75) is 161 Å². The smallest absolute Gasteiger partial charge is 0.121 e. The van der Waals surface area contributed by atoms with Gasteiger partial charge in [0.15, 0.2) is 0 Å². The molecule has 1 aliphatic heterocycles. The van der Waals surface area contributed by atoms with Crippen LogP contribution in [0.15, 0.2) is 0 Å². The zero-order chi connectivity index (χ0) is 23.0. The minimum Gasteiger partial charge on any atom is -0.372 e. The lowest BCUT2D eigenvalue weighted by atomic mass is 10.4. The lowest BCUT2D eigenvalue weighted by Crippen LogP contribution is -2.67. The van der Waals surface area contributed by atoms with Gasteiger partial charge in [-0.2, -0.15) is 0 Å². The summed E-state index contributed by atoms with van der Waals surface area (Å²) in [6.07, 6.45) is 17.5. The summed E-state index contributed by atoms with van der Waals surface area (Å²) < 4.78 is 9.39. The fourth-order valence-corrected chi connectivity index (χ4v) is 22.3. The molecule has 0 spiro atoms. The van der Waals surface area contributed by atoms with Crippen molar-refractivity contribution in [1.82, 2.24) is 4.23 Å². The van der Waals surface area contributed by atoms with E-state index < -0.39 is 16.5 Å². The normalized spacial score (nSPS) is 16.9. The standard InChI is InChI=1S/C27H59NOSi2/c1-7-13-19-30(20-14-8-2,21-15-9-3)28(25-27-26-29-27)31(22-16-10-4,23-17-11-5)24-18-12-6/h27H,7-26H2,1-6H3. The average molecular weight is 470 g/mol. The van der Waals surface area contributed by atoms with Crippen LogP contribution in [0, 0.1) is 0 Å². The van der Waals surface area contributed by atoms with Gasteiger partial charge >= 0.3 is 0 Å². The van der Waals surface area contributed by atoms with E-state index in [-0.39, 0.29) is 0 Å². The number of rotatable bonds is 22. The molecule has 1 rings (SSSR count). The van der Waals surface area contributed by atoms with E-state index in [1.54, 1.807) is 36.3 Å². The maximum absolute atomic E-state index is 5.96. The first-order valence-corrected chi connectivity index (χ1v) is 19.6. The van der Waals surface area contributed by atoms with E-state index in [0.717, 1.165) is 6.61 Å². The molecule has 0 aromatic carbocycles. The molecule has 1 saturated heterocycles. The Balaban J connectivity index is 3.47. The first-order chi connectivity index (χ1) is 15.1. The van der Waals surface area contributed by atoms with E-state index in [9.17, 15) is 0 Å². The summed E-state index contributed by atoms with van der Waals surface area (Å²) in [6.45, 7) is 16.9. The monoisotopic (exact) mass is 469 g/mol. The Labute approximate surface area is 199 Å². The van der Waals surface area contributed by atoms with Gasteiger partial charge in [-0.05, 0) is 36.3 Å². The SMILES string of the molecule is CCCC[Si](CCCC)(CCCC)N(CC1CO1)[Si](CCCC)(CCCC)CCCC. The van der Waals surface area contributed by atoms with Crippen molar-refractivity contribution in [2.24, 2.45) is 0 Å². The molecule has 1 atom stereocenters. The van der Waals surface area contributed by atoms with Crippen molar-refractivity contribution in [3.63, 3.8) is 0 Å². The summed E-state index contributed by atoms with van der Waals surface area (Å²) in [5.41, 5.74) is 0. The largest absolute Gasteiger partial charge is 0.372 e. The van der Waals surface area contributed by atoms with E-state index in [1.807, 2.05) is 0 Å². The Kier molecular flexibility index (Phi) is 16.0. The van der Waals surface area contributed by atoms with Crippen LogP contribution < -0.4 is 0 Å². The first kappa shape index (κ1) is 29.4. The molecular weight excluding hydrogens is 410 g/mol. The second-order valence-electron chi connectivity index (χ2n) is 10.6. The molecule has 0 radical (unpaired) electrons. The van der Waals surface area contributed by atoms with Gasteiger partial charge in [0.05, 0.1) is 12.7 Å². The molecule has 1 unspecified atom stereocenters. The summed E-state index contributed by atoms with van der Waals surface area (Å²) in [5, 5.41) is 0. The molecular formula is C27H59NOSi2. The minimum atomic E-state index is -1.48. The third kappa shape index (κ3) is 10.0. The number of unbranched alkanes of at least 4 members (excludes halogenated alkanes) is 6. The minimum absolute atomic E-state index is 0.563. The van der Waals surface area contributed by atoms with E-state index in [1.165, 1.54) is 83.6 Å². The molecule has 0 aliphatic carbocycles. The highest BCUT2D eigenvalue weighted by Gasteiger charge is 2.50. The van der Waals surface area contributed by atoms with Crippen LogP contribution in [0.25, 0.3) is 0 Å². The second kappa shape index (κ2) is 16.9. The van der Waals surface area contributed by atoms with Crippen LogP contribution in [-0.4, -0.2) is 40.0 Å². The number of epoxide rings is 1. The van der Waals surface area contributed by atoms with E-state index in [4.69, 9.17) is 4.74 Å². The molecule has 1 heterocycles. The predicted octanol–water partition coefficient (Wildman–Crippen LogP) is 9.38. The highest BCUT2D eigenvalue weighted by atomic mass is 28.4. The number of hydrogen-bond acceptors (Lipinski definition) is 2. The summed E-state index contributed by atoms with van der Waals surface area (Å²) in [4.78, 5) is 0. The maximum Gasteiger partial charge on any atom is 0.121 e. The third-order valence-corrected chi connectivity index (χ3v) is 21.1. The third-order valence-electron chi connectivity index (χ3n) is 7.91. The van der Waals surface area contributed by atoms with Crippen LogP contribution in [0.2, 0.25) is 36.3 Å². The van der Waals surface area contributed by atoms with Crippen molar-refractivity contribution < 1.29 is 4.74 Å². The van der Waals surface area contributed by atoms with E-state index >= 15 is 0 Å².